The van der Waals surface area contributed by atoms with E-state index in [9.17, 15) is 14.4 Å². The van der Waals surface area contributed by atoms with E-state index in [-0.39, 0.29) is 0 Å². The van der Waals surface area contributed by atoms with Gasteiger partial charge in [-0.3, -0.25) is 15.0 Å². The van der Waals surface area contributed by atoms with Crippen LogP contribution in [0.1, 0.15) is 54.7 Å². The van der Waals surface area contributed by atoms with E-state index in [2.05, 4.69) is 22.2 Å². The minimum Gasteiger partial charge on any atom is -0.346 e. The van der Waals surface area contributed by atoms with Crippen molar-refractivity contribution in [3.05, 3.63) is 65.0 Å². The first-order chi connectivity index (χ1) is 14.4. The number of urea groups is 1. The smallest absolute Gasteiger partial charge is 0.344 e. The molecule has 1 atom stereocenters. The number of benzene rings is 1. The molecule has 0 unspecified atom stereocenters. The number of carbonyl (C=O) groups excluding carboxylic acids is 3. The molecule has 2 fully saturated rings. The Hall–Kier alpha value is -3.35. The number of aromatic nitrogens is 1. The largest absolute Gasteiger partial charge is 0.346 e. The molecule has 1 aromatic heterocycles. The molecule has 1 aliphatic heterocycles. The Kier molecular flexibility index (Phi) is 4.97. The molecule has 0 radical (unpaired) electrons. The molecule has 7 heteroatoms. The highest BCUT2D eigenvalue weighted by molar-refractivity contribution is 6.09. The summed E-state index contributed by atoms with van der Waals surface area (Å²) >= 11 is 0. The van der Waals surface area contributed by atoms with Gasteiger partial charge in [0.1, 0.15) is 5.54 Å². The van der Waals surface area contributed by atoms with E-state index in [1.165, 1.54) is 24.6 Å². The Labute approximate surface area is 175 Å². The number of amides is 4. The van der Waals surface area contributed by atoms with Crippen LogP contribution in [0.15, 0.2) is 42.5 Å². The average molecular weight is 406 g/mol. The molecule has 30 heavy (non-hydrogen) atoms. The monoisotopic (exact) mass is 406 g/mol. The maximum atomic E-state index is 13.1. The zero-order chi connectivity index (χ0) is 21.5. The van der Waals surface area contributed by atoms with E-state index in [1.54, 1.807) is 18.2 Å². The molecular formula is C23H26N4O3. The number of hydrogen-bond donors (Lipinski definition) is 2. The fourth-order valence-corrected chi connectivity index (χ4v) is 4.22. The van der Waals surface area contributed by atoms with Gasteiger partial charge in [-0.25, -0.2) is 4.79 Å². The summed E-state index contributed by atoms with van der Waals surface area (Å²) in [4.78, 5) is 38.0. The maximum absolute atomic E-state index is 13.1. The summed E-state index contributed by atoms with van der Waals surface area (Å²) in [7, 11) is 0. The van der Waals surface area contributed by atoms with Crippen LogP contribution in [-0.2, 0) is 15.1 Å². The van der Waals surface area contributed by atoms with Crippen LogP contribution < -0.4 is 10.7 Å². The summed E-state index contributed by atoms with van der Waals surface area (Å²) in [5.41, 5.74) is 5.17. The lowest BCUT2D eigenvalue weighted by Crippen LogP contribution is -2.48. The van der Waals surface area contributed by atoms with Gasteiger partial charge in [-0.05, 0) is 56.4 Å². The molecule has 7 nitrogen and oxygen atoms in total. The van der Waals surface area contributed by atoms with Gasteiger partial charge in [-0.2, -0.15) is 5.01 Å². The van der Waals surface area contributed by atoms with Crippen LogP contribution in [0, 0.1) is 13.8 Å². The molecule has 1 saturated carbocycles. The van der Waals surface area contributed by atoms with Gasteiger partial charge in [-0.1, -0.05) is 37.3 Å². The molecule has 1 aromatic carbocycles. The lowest BCUT2D eigenvalue weighted by molar-refractivity contribution is -0.138. The first-order valence-electron chi connectivity index (χ1n) is 10.3. The Balaban J connectivity index is 1.50. The second-order valence-corrected chi connectivity index (χ2v) is 7.93. The summed E-state index contributed by atoms with van der Waals surface area (Å²) < 4.78 is 2.30. The quantitative estimate of drug-likeness (QED) is 0.570. The van der Waals surface area contributed by atoms with Crippen LogP contribution in [-0.4, -0.2) is 27.4 Å². The Morgan fingerprint density at radius 3 is 2.57 bits per heavy atom. The van der Waals surface area contributed by atoms with Gasteiger partial charge in [0.15, 0.2) is 0 Å². The molecular weight excluding hydrogens is 380 g/mol. The molecule has 2 heterocycles. The fourth-order valence-electron chi connectivity index (χ4n) is 4.22. The molecule has 4 rings (SSSR count). The van der Waals surface area contributed by atoms with Gasteiger partial charge in [-0.15, -0.1) is 0 Å². The summed E-state index contributed by atoms with van der Waals surface area (Å²) in [5.74, 6) is -1.02. The molecule has 0 bridgehead atoms. The minimum absolute atomic E-state index is 0.372. The highest BCUT2D eigenvalue weighted by Crippen LogP contribution is 2.38. The second kappa shape index (κ2) is 7.48. The Morgan fingerprint density at radius 1 is 1.23 bits per heavy atom. The van der Waals surface area contributed by atoms with Crippen LogP contribution in [0.5, 0.6) is 0 Å². The van der Waals surface area contributed by atoms with Gasteiger partial charge >= 0.3 is 6.03 Å². The third-order valence-corrected chi connectivity index (χ3v) is 5.96. The van der Waals surface area contributed by atoms with Crippen LogP contribution in [0.4, 0.5) is 4.79 Å². The number of hydrazine groups is 1. The molecule has 2 aliphatic rings. The van der Waals surface area contributed by atoms with E-state index < -0.39 is 23.4 Å². The van der Waals surface area contributed by atoms with E-state index in [4.69, 9.17) is 0 Å². The number of hydrogen-bond acceptors (Lipinski definition) is 3. The SMILES string of the molecule is CC[C@]1(c2ccccc2)NC(=O)N(NC(=O)/C=C/c2cc(C)n(C3CC3)c2C)C1=O. The Bertz CT molecular complexity index is 1040. The number of nitrogens with zero attached hydrogens (tertiary/aromatic N) is 2. The first-order valence-corrected chi connectivity index (χ1v) is 10.3. The molecule has 2 N–H and O–H groups in total. The highest BCUT2D eigenvalue weighted by atomic mass is 16.2. The van der Waals surface area contributed by atoms with Crippen molar-refractivity contribution in [2.75, 3.05) is 0 Å². The van der Waals surface area contributed by atoms with Crippen molar-refractivity contribution in [3.8, 4) is 0 Å². The lowest BCUT2D eigenvalue weighted by atomic mass is 9.87. The molecule has 1 aliphatic carbocycles. The number of nitrogens with one attached hydrogen (secondary N) is 2. The average Bonchev–Trinajstić information content (AvgIpc) is 3.49. The number of imide groups is 1. The molecule has 156 valence electrons. The first kappa shape index (κ1) is 19.9. The molecule has 0 spiro atoms. The standard InChI is InChI=1S/C23H26N4O3/c1-4-23(18-8-6-5-7-9-18)21(29)27(22(30)24-23)25-20(28)13-10-17-14-15(2)26(16(17)3)19-11-12-19/h5-10,13-14,19H,4,11-12H2,1-3H3,(H,24,30)(H,25,28)/b13-10+/t23-/m1/s1. The van der Waals surface area contributed by atoms with Crippen molar-refractivity contribution < 1.29 is 14.4 Å². The molecule has 4 amide bonds. The van der Waals surface area contributed by atoms with Gasteiger partial charge in [0, 0.05) is 23.5 Å². The third kappa shape index (κ3) is 3.30. The molecule has 2 aromatic rings. The number of rotatable bonds is 6. The maximum Gasteiger partial charge on any atom is 0.344 e. The summed E-state index contributed by atoms with van der Waals surface area (Å²) in [6.07, 6.45) is 5.82. The van der Waals surface area contributed by atoms with Crippen molar-refractivity contribution >= 4 is 23.9 Å². The second-order valence-electron chi connectivity index (χ2n) is 7.93. The minimum atomic E-state index is -1.18. The van der Waals surface area contributed by atoms with Crippen molar-refractivity contribution in [2.24, 2.45) is 0 Å². The number of carbonyl (C=O) groups is 3. The predicted octanol–water partition coefficient (Wildman–Crippen LogP) is 3.34. The van der Waals surface area contributed by atoms with Gasteiger partial charge in [0.05, 0.1) is 0 Å². The summed E-state index contributed by atoms with van der Waals surface area (Å²) in [6.45, 7) is 5.92. The van der Waals surface area contributed by atoms with E-state index >= 15 is 0 Å². The van der Waals surface area contributed by atoms with E-state index in [1.807, 2.05) is 38.1 Å². The van der Waals surface area contributed by atoms with Gasteiger partial charge < -0.3 is 9.88 Å². The topological polar surface area (TPSA) is 83.4 Å². The number of aryl methyl sites for hydroxylation is 1. The predicted molar refractivity (Wildman–Crippen MR) is 113 cm³/mol. The Morgan fingerprint density at radius 2 is 1.93 bits per heavy atom. The van der Waals surface area contributed by atoms with Crippen molar-refractivity contribution in [1.29, 1.82) is 0 Å². The van der Waals surface area contributed by atoms with Crippen molar-refractivity contribution in [2.45, 2.75) is 51.6 Å². The highest BCUT2D eigenvalue weighted by Gasteiger charge is 2.52. The van der Waals surface area contributed by atoms with Crippen molar-refractivity contribution in [3.63, 3.8) is 0 Å². The summed E-state index contributed by atoms with van der Waals surface area (Å²) in [5, 5.41) is 3.52. The van der Waals surface area contributed by atoms with Gasteiger partial charge in [0.2, 0.25) is 0 Å². The van der Waals surface area contributed by atoms with Gasteiger partial charge in [0.25, 0.3) is 11.8 Å². The van der Waals surface area contributed by atoms with Crippen LogP contribution in [0.2, 0.25) is 0 Å². The molecule has 1 saturated heterocycles. The lowest BCUT2D eigenvalue weighted by Gasteiger charge is -2.25. The summed E-state index contributed by atoms with van der Waals surface area (Å²) in [6, 6.07) is 11.0. The van der Waals surface area contributed by atoms with Crippen LogP contribution >= 0.6 is 0 Å². The van der Waals surface area contributed by atoms with E-state index in [0.29, 0.717) is 18.0 Å². The van der Waals surface area contributed by atoms with Crippen LogP contribution in [0.3, 0.4) is 0 Å². The fraction of sp³-hybridized carbons (Fsp3) is 0.348. The van der Waals surface area contributed by atoms with Crippen molar-refractivity contribution in [1.82, 2.24) is 20.3 Å². The normalized spacial score (nSPS) is 21.4. The zero-order valence-electron chi connectivity index (χ0n) is 17.4. The van der Waals surface area contributed by atoms with E-state index in [0.717, 1.165) is 16.3 Å². The van der Waals surface area contributed by atoms with Crippen LogP contribution in [0.25, 0.3) is 6.08 Å². The zero-order valence-corrected chi connectivity index (χ0v) is 17.4. The third-order valence-electron chi connectivity index (χ3n) is 5.96.